The number of benzene rings is 1. The van der Waals surface area contributed by atoms with Crippen LogP contribution in [0.25, 0.3) is 0 Å². The molecule has 1 aromatic carbocycles. The highest BCUT2D eigenvalue weighted by atomic mass is 127. The van der Waals surface area contributed by atoms with Crippen molar-refractivity contribution < 1.29 is 9.53 Å². The number of carbonyl (C=O) groups excluding carboxylic acids is 1. The van der Waals surface area contributed by atoms with Crippen molar-refractivity contribution in [3.63, 3.8) is 0 Å². The molecule has 1 aliphatic rings. The van der Waals surface area contributed by atoms with Gasteiger partial charge in [-0.2, -0.15) is 0 Å². The van der Waals surface area contributed by atoms with Crippen LogP contribution >= 0.6 is 35.3 Å². The fraction of sp³-hybridized carbons (Fsp3) is 0.391. The second-order valence-corrected chi connectivity index (χ2v) is 8.01. The zero-order valence-electron chi connectivity index (χ0n) is 17.9. The summed E-state index contributed by atoms with van der Waals surface area (Å²) in [4.78, 5) is 20.6. The van der Waals surface area contributed by atoms with Crippen LogP contribution in [0.2, 0.25) is 0 Å². The Morgan fingerprint density at radius 3 is 2.97 bits per heavy atom. The largest absolute Gasteiger partial charge is 0.489 e. The second kappa shape index (κ2) is 13.4. The van der Waals surface area contributed by atoms with E-state index in [1.54, 1.807) is 17.4 Å². The van der Waals surface area contributed by atoms with E-state index in [-0.39, 0.29) is 29.9 Å². The van der Waals surface area contributed by atoms with E-state index in [1.807, 2.05) is 36.1 Å². The van der Waals surface area contributed by atoms with Gasteiger partial charge in [-0.15, -0.1) is 35.3 Å². The van der Waals surface area contributed by atoms with Crippen molar-refractivity contribution >= 4 is 47.2 Å². The second-order valence-electron chi connectivity index (χ2n) is 7.01. The summed E-state index contributed by atoms with van der Waals surface area (Å²) in [6.07, 6.45) is 3.14. The molecular formula is C23H31IN4O2S. The van der Waals surface area contributed by atoms with Crippen LogP contribution in [0.15, 0.2) is 53.4 Å². The average Bonchev–Trinajstić information content (AvgIpc) is 3.24. The zero-order chi connectivity index (χ0) is 21.2. The first-order chi connectivity index (χ1) is 14.7. The Hall–Kier alpha value is -2.07. The third kappa shape index (κ3) is 7.53. The zero-order valence-corrected chi connectivity index (χ0v) is 21.1. The molecule has 0 radical (unpaired) electrons. The van der Waals surface area contributed by atoms with Crippen molar-refractivity contribution in [2.24, 2.45) is 4.99 Å². The number of ether oxygens (including phenoxy) is 1. The van der Waals surface area contributed by atoms with Gasteiger partial charge in [-0.25, -0.2) is 4.99 Å². The Morgan fingerprint density at radius 2 is 2.16 bits per heavy atom. The van der Waals surface area contributed by atoms with Gasteiger partial charge in [0.1, 0.15) is 12.4 Å². The lowest BCUT2D eigenvalue weighted by atomic mass is 10.1. The van der Waals surface area contributed by atoms with Crippen molar-refractivity contribution in [1.29, 1.82) is 0 Å². The van der Waals surface area contributed by atoms with Crippen molar-refractivity contribution in [1.82, 2.24) is 15.5 Å². The first kappa shape index (κ1) is 25.2. The monoisotopic (exact) mass is 554 g/mol. The SMILES string of the molecule is C=CCOc1ccccc1CN=C(NCC)NCCC(=O)N1CCc2sccc2C1.I. The van der Waals surface area contributed by atoms with Gasteiger partial charge in [-0.1, -0.05) is 30.9 Å². The number of amides is 1. The molecule has 2 N–H and O–H groups in total. The van der Waals surface area contributed by atoms with Gasteiger partial charge in [-0.05, 0) is 36.4 Å². The summed E-state index contributed by atoms with van der Waals surface area (Å²) < 4.78 is 5.70. The van der Waals surface area contributed by atoms with Crippen LogP contribution in [-0.4, -0.2) is 43.0 Å². The fourth-order valence-electron chi connectivity index (χ4n) is 3.34. The van der Waals surface area contributed by atoms with Crippen LogP contribution < -0.4 is 15.4 Å². The third-order valence-corrected chi connectivity index (χ3v) is 5.90. The lowest BCUT2D eigenvalue weighted by Crippen LogP contribution is -2.41. The van der Waals surface area contributed by atoms with Gasteiger partial charge >= 0.3 is 0 Å². The van der Waals surface area contributed by atoms with Gasteiger partial charge in [0.2, 0.25) is 5.91 Å². The maximum Gasteiger partial charge on any atom is 0.224 e. The van der Waals surface area contributed by atoms with Gasteiger partial charge in [0, 0.05) is 43.0 Å². The summed E-state index contributed by atoms with van der Waals surface area (Å²) in [6.45, 7) is 9.50. The van der Waals surface area contributed by atoms with E-state index in [1.165, 1.54) is 10.4 Å². The summed E-state index contributed by atoms with van der Waals surface area (Å²) in [5, 5.41) is 8.62. The van der Waals surface area contributed by atoms with E-state index in [4.69, 9.17) is 4.74 Å². The summed E-state index contributed by atoms with van der Waals surface area (Å²) in [6, 6.07) is 9.99. The molecule has 6 nitrogen and oxygen atoms in total. The lowest BCUT2D eigenvalue weighted by Gasteiger charge is -2.27. The Balaban J connectivity index is 0.00000341. The number of carbonyl (C=O) groups is 1. The van der Waals surface area contributed by atoms with E-state index >= 15 is 0 Å². The first-order valence-electron chi connectivity index (χ1n) is 10.4. The van der Waals surface area contributed by atoms with Gasteiger partial charge in [0.15, 0.2) is 5.96 Å². The smallest absolute Gasteiger partial charge is 0.224 e. The van der Waals surface area contributed by atoms with Crippen LogP contribution in [0.3, 0.4) is 0 Å². The number of hydrogen-bond acceptors (Lipinski definition) is 4. The minimum absolute atomic E-state index is 0. The summed E-state index contributed by atoms with van der Waals surface area (Å²) >= 11 is 1.79. The minimum Gasteiger partial charge on any atom is -0.489 e. The Labute approximate surface area is 205 Å². The fourth-order valence-corrected chi connectivity index (χ4v) is 4.23. The van der Waals surface area contributed by atoms with Crippen LogP contribution in [0.5, 0.6) is 5.75 Å². The van der Waals surface area contributed by atoms with E-state index in [0.29, 0.717) is 32.1 Å². The lowest BCUT2D eigenvalue weighted by molar-refractivity contribution is -0.131. The number of para-hydroxylation sites is 1. The van der Waals surface area contributed by atoms with Crippen molar-refractivity contribution in [3.05, 3.63) is 64.4 Å². The molecule has 168 valence electrons. The molecule has 1 aromatic heterocycles. The summed E-state index contributed by atoms with van der Waals surface area (Å²) in [5.41, 5.74) is 2.30. The molecule has 0 bridgehead atoms. The van der Waals surface area contributed by atoms with Gasteiger partial charge in [0.05, 0.1) is 6.54 Å². The molecule has 1 amide bonds. The average molecular weight is 554 g/mol. The molecule has 31 heavy (non-hydrogen) atoms. The predicted octanol–water partition coefficient (Wildman–Crippen LogP) is 3.96. The molecule has 2 aromatic rings. The van der Waals surface area contributed by atoms with Crippen molar-refractivity contribution in [3.8, 4) is 5.75 Å². The molecule has 0 aliphatic carbocycles. The van der Waals surface area contributed by atoms with Crippen LogP contribution in [0.1, 0.15) is 29.3 Å². The highest BCUT2D eigenvalue weighted by Gasteiger charge is 2.21. The molecule has 0 spiro atoms. The number of guanidine groups is 1. The first-order valence-corrected chi connectivity index (χ1v) is 11.3. The van der Waals surface area contributed by atoms with Crippen LogP contribution in [-0.2, 0) is 24.3 Å². The molecule has 0 fully saturated rings. The number of aliphatic imine (C=N–C) groups is 1. The quantitative estimate of drug-likeness (QED) is 0.213. The molecular weight excluding hydrogens is 523 g/mol. The molecule has 2 heterocycles. The molecule has 0 saturated carbocycles. The highest BCUT2D eigenvalue weighted by molar-refractivity contribution is 14.0. The number of hydrogen-bond donors (Lipinski definition) is 2. The summed E-state index contributed by atoms with van der Waals surface area (Å²) in [5.74, 6) is 1.69. The third-order valence-electron chi connectivity index (χ3n) is 4.87. The van der Waals surface area contributed by atoms with Gasteiger partial charge in [-0.3, -0.25) is 4.79 Å². The molecule has 0 unspecified atom stereocenters. The normalized spacial score (nSPS) is 13.1. The minimum atomic E-state index is 0. The maximum atomic E-state index is 12.6. The van der Waals surface area contributed by atoms with Crippen molar-refractivity contribution in [2.75, 3.05) is 26.2 Å². The molecule has 1 aliphatic heterocycles. The van der Waals surface area contributed by atoms with E-state index in [0.717, 1.165) is 37.4 Å². The molecule has 0 saturated heterocycles. The van der Waals surface area contributed by atoms with Gasteiger partial charge in [0.25, 0.3) is 0 Å². The Bertz CT molecular complexity index is 884. The highest BCUT2D eigenvalue weighted by Crippen LogP contribution is 2.24. The standard InChI is InChI=1S/C23H30N4O2S.HI/c1-3-14-29-20-8-6-5-7-18(20)16-26-23(24-4-2)25-12-9-22(28)27-13-10-21-19(17-27)11-15-30-21;/h3,5-8,11,15H,1,4,9-10,12-14,16-17H2,2H3,(H2,24,25,26);1H. The molecule has 0 atom stereocenters. The number of halogens is 1. The number of nitrogens with one attached hydrogen (secondary N) is 2. The van der Waals surface area contributed by atoms with Crippen LogP contribution in [0.4, 0.5) is 0 Å². The number of fused-ring (bicyclic) bond motifs is 1. The number of rotatable bonds is 9. The molecule has 8 heteroatoms. The molecule has 3 rings (SSSR count). The maximum absolute atomic E-state index is 12.6. The Kier molecular flexibility index (Phi) is 10.9. The van der Waals surface area contributed by atoms with E-state index in [9.17, 15) is 4.79 Å². The topological polar surface area (TPSA) is 66.0 Å². The van der Waals surface area contributed by atoms with Crippen molar-refractivity contribution in [2.45, 2.75) is 32.9 Å². The van der Waals surface area contributed by atoms with Crippen LogP contribution in [0, 0.1) is 0 Å². The predicted molar refractivity (Wildman–Crippen MR) is 138 cm³/mol. The Morgan fingerprint density at radius 1 is 1.32 bits per heavy atom. The van der Waals surface area contributed by atoms with E-state index < -0.39 is 0 Å². The van der Waals surface area contributed by atoms with Gasteiger partial charge < -0.3 is 20.3 Å². The van der Waals surface area contributed by atoms with E-state index in [2.05, 4.69) is 33.7 Å². The summed E-state index contributed by atoms with van der Waals surface area (Å²) in [7, 11) is 0. The number of nitrogens with zero attached hydrogens (tertiary/aromatic N) is 2. The number of thiophene rings is 1.